The molecule has 0 radical (unpaired) electrons. The number of piperidine rings is 1. The second-order valence-corrected chi connectivity index (χ2v) is 18.4. The van der Waals surface area contributed by atoms with Crippen LogP contribution in [0.4, 0.5) is 4.39 Å². The topological polar surface area (TPSA) is 144 Å². The zero-order valence-corrected chi connectivity index (χ0v) is 37.6. The van der Waals surface area contributed by atoms with E-state index < -0.39 is 65.5 Å². The Labute approximate surface area is 347 Å². The minimum atomic E-state index is -1.16. The molecule has 1 saturated carbocycles. The quantitative estimate of drug-likeness (QED) is 0.143. The molecule has 2 N–H and O–H groups in total. The van der Waals surface area contributed by atoms with Crippen molar-refractivity contribution in [3.8, 4) is 0 Å². The molecule has 1 heterocycles. The van der Waals surface area contributed by atoms with Crippen molar-refractivity contribution < 1.29 is 42.6 Å². The fraction of sp³-hybridized carbons (Fsp3) is 0.756. The van der Waals surface area contributed by atoms with Crippen molar-refractivity contribution in [2.45, 2.75) is 156 Å². The van der Waals surface area contributed by atoms with Crippen LogP contribution in [0.1, 0.15) is 107 Å². The number of esters is 1. The molecule has 1 aromatic carbocycles. The largest absolute Gasteiger partial charge is 0.458 e. The van der Waals surface area contributed by atoms with E-state index in [0.29, 0.717) is 6.42 Å². The first-order chi connectivity index (χ1) is 27.1. The molecule has 1 saturated heterocycles. The van der Waals surface area contributed by atoms with Gasteiger partial charge in [-0.05, 0) is 76.0 Å². The molecule has 11 atom stereocenters. The third-order valence-electron chi connectivity index (χ3n) is 12.3. The molecule has 1 aliphatic heterocycles. The summed E-state index contributed by atoms with van der Waals surface area (Å²) in [4.78, 5) is 73.1. The number of rotatable bonds is 22. The number of amides is 3. The molecule has 13 heteroatoms. The summed E-state index contributed by atoms with van der Waals surface area (Å²) in [6, 6.07) is 3.70. The average Bonchev–Trinajstić information content (AvgIpc) is 3.81. The zero-order chi connectivity index (χ0) is 43.8. The lowest BCUT2D eigenvalue weighted by Gasteiger charge is -2.41. The fourth-order valence-corrected chi connectivity index (χ4v) is 8.84. The van der Waals surface area contributed by atoms with E-state index in [2.05, 4.69) is 10.6 Å². The van der Waals surface area contributed by atoms with Gasteiger partial charge in [-0.3, -0.25) is 19.2 Å². The number of carbonyl (C=O) groups excluding carboxylic acids is 5. The molecule has 328 valence electrons. The number of halogens is 1. The van der Waals surface area contributed by atoms with Gasteiger partial charge in [0.2, 0.25) is 17.7 Å². The maximum absolute atomic E-state index is 14.7. The van der Waals surface area contributed by atoms with Gasteiger partial charge in [0.25, 0.3) is 0 Å². The second kappa shape index (κ2) is 21.2. The SMILES string of the molecule is CC[C@H](C)[C@@H]([C@@H](CC(=O)N1[C@H]2C[C@H]2C[C@H]1[C@H](OC)[C@@H](C)C(=O)N[C@@H](Cc1ccccc1F)C(=O)OC(C)(C)C)OC)N(C)C(=O)[C@@H](CC(=O)[C@@H](NC)C(C)C)C(C)C. The minimum absolute atomic E-state index is 0.00249. The van der Waals surface area contributed by atoms with Gasteiger partial charge >= 0.3 is 5.97 Å². The van der Waals surface area contributed by atoms with Crippen molar-refractivity contribution >= 4 is 29.5 Å². The highest BCUT2D eigenvalue weighted by Crippen LogP contribution is 2.50. The normalized spacial score (nSPS) is 21.9. The third kappa shape index (κ3) is 12.3. The summed E-state index contributed by atoms with van der Waals surface area (Å²) in [5.74, 6) is -3.08. The Balaban J connectivity index is 1.84. The predicted octanol–water partition coefficient (Wildman–Crippen LogP) is 5.59. The Kier molecular flexibility index (Phi) is 17.9. The van der Waals surface area contributed by atoms with Crippen LogP contribution in [0.15, 0.2) is 24.3 Å². The number of hydrogen-bond donors (Lipinski definition) is 2. The highest BCUT2D eigenvalue weighted by Gasteiger charge is 2.57. The van der Waals surface area contributed by atoms with Crippen LogP contribution < -0.4 is 10.6 Å². The number of nitrogens with zero attached hydrogens (tertiary/aromatic N) is 2. The number of hydrogen-bond acceptors (Lipinski definition) is 9. The van der Waals surface area contributed by atoms with Gasteiger partial charge in [0.15, 0.2) is 5.78 Å². The van der Waals surface area contributed by atoms with Crippen LogP contribution in [0.25, 0.3) is 0 Å². The maximum atomic E-state index is 14.7. The number of Topliss-reactive ketones (excluding diaryl/α,β-unsaturated/α-hetero) is 1. The molecule has 3 amide bonds. The first-order valence-corrected chi connectivity index (χ1v) is 21.2. The number of likely N-dealkylation sites (tertiary alicyclic amines) is 1. The fourth-order valence-electron chi connectivity index (χ4n) is 8.84. The molecular formula is C45H73FN4O8. The Morgan fingerprint density at radius 1 is 0.948 bits per heavy atom. The van der Waals surface area contributed by atoms with Crippen LogP contribution in [0.5, 0.6) is 0 Å². The molecule has 58 heavy (non-hydrogen) atoms. The van der Waals surface area contributed by atoms with E-state index in [4.69, 9.17) is 14.2 Å². The summed E-state index contributed by atoms with van der Waals surface area (Å²) in [5.41, 5.74) is -0.573. The Morgan fingerprint density at radius 3 is 2.10 bits per heavy atom. The van der Waals surface area contributed by atoms with E-state index in [-0.39, 0.29) is 78.2 Å². The first kappa shape index (κ1) is 48.9. The van der Waals surface area contributed by atoms with E-state index in [0.717, 1.165) is 12.8 Å². The van der Waals surface area contributed by atoms with E-state index >= 15 is 0 Å². The molecule has 1 aliphatic carbocycles. The van der Waals surface area contributed by atoms with E-state index in [9.17, 15) is 28.4 Å². The summed E-state index contributed by atoms with van der Waals surface area (Å²) in [6.45, 7) is 18.8. The number of fused-ring (bicyclic) bond motifs is 1. The Morgan fingerprint density at radius 2 is 1.59 bits per heavy atom. The lowest BCUT2D eigenvalue weighted by molar-refractivity contribution is -0.159. The summed E-state index contributed by atoms with van der Waals surface area (Å²) >= 11 is 0. The molecule has 2 aliphatic rings. The molecule has 0 unspecified atom stereocenters. The van der Waals surface area contributed by atoms with Crippen molar-refractivity contribution in [3.63, 3.8) is 0 Å². The van der Waals surface area contributed by atoms with Crippen LogP contribution in [-0.2, 0) is 44.6 Å². The molecule has 12 nitrogen and oxygen atoms in total. The minimum Gasteiger partial charge on any atom is -0.458 e. The number of ketones is 1. The number of carbonyl (C=O) groups is 5. The molecule has 0 bridgehead atoms. The number of methoxy groups -OCH3 is 2. The average molecular weight is 817 g/mol. The van der Waals surface area contributed by atoms with Gasteiger partial charge in [-0.25, -0.2) is 9.18 Å². The van der Waals surface area contributed by atoms with Crippen molar-refractivity contribution in [1.29, 1.82) is 0 Å². The van der Waals surface area contributed by atoms with Crippen molar-refractivity contribution in [3.05, 3.63) is 35.6 Å². The lowest BCUT2D eigenvalue weighted by atomic mass is 9.84. The van der Waals surface area contributed by atoms with Gasteiger partial charge in [-0.15, -0.1) is 0 Å². The number of ether oxygens (including phenoxy) is 3. The monoisotopic (exact) mass is 817 g/mol. The van der Waals surface area contributed by atoms with Crippen molar-refractivity contribution in [2.24, 2.45) is 35.5 Å². The predicted molar refractivity (Wildman–Crippen MR) is 222 cm³/mol. The number of nitrogens with one attached hydrogen (secondary N) is 2. The first-order valence-electron chi connectivity index (χ1n) is 21.2. The van der Waals surface area contributed by atoms with E-state index in [1.807, 2.05) is 46.4 Å². The van der Waals surface area contributed by atoms with Gasteiger partial charge in [-0.2, -0.15) is 0 Å². The summed E-state index contributed by atoms with van der Waals surface area (Å²) < 4.78 is 32.4. The standard InChI is InChI=1S/C45H73FN4O8/c1-15-27(6)40(49(12)43(54)31(25(2)3)23-36(51)39(47-11)26(4)5)37(56-13)24-38(52)50-34-21-30(34)22-35(50)41(57-14)28(7)42(53)48-33(44(55)58-45(8,9)10)20-29-18-16-17-19-32(29)46/h16-19,25-28,30-31,33-35,37,39-41,47H,15,20-24H2,1-14H3,(H,48,53)/t27-,28+,30-,31-,33-,34-,35-,37+,39-,40-,41+/m0/s1. The van der Waals surface area contributed by atoms with Crippen molar-refractivity contribution in [2.75, 3.05) is 28.3 Å². The smallest absolute Gasteiger partial charge is 0.329 e. The van der Waals surface area contributed by atoms with E-state index in [1.165, 1.54) is 13.2 Å². The van der Waals surface area contributed by atoms with Gasteiger partial charge in [0.1, 0.15) is 17.5 Å². The van der Waals surface area contributed by atoms with Gasteiger partial charge < -0.3 is 34.6 Å². The Hall–Kier alpha value is -3.42. The lowest BCUT2D eigenvalue weighted by Crippen LogP contribution is -2.55. The van der Waals surface area contributed by atoms with Gasteiger partial charge in [-0.1, -0.05) is 73.1 Å². The summed E-state index contributed by atoms with van der Waals surface area (Å²) in [6.07, 6.45) is 0.879. The maximum Gasteiger partial charge on any atom is 0.329 e. The molecule has 0 aromatic heterocycles. The highest BCUT2D eigenvalue weighted by atomic mass is 19.1. The molecule has 0 spiro atoms. The number of likely N-dealkylation sites (N-methyl/N-ethyl adjacent to an activating group) is 2. The molecule has 2 fully saturated rings. The van der Waals surface area contributed by atoms with Gasteiger partial charge in [0.05, 0.1) is 42.7 Å². The third-order valence-corrected chi connectivity index (χ3v) is 12.3. The second-order valence-electron chi connectivity index (χ2n) is 18.4. The summed E-state index contributed by atoms with van der Waals surface area (Å²) in [7, 11) is 6.58. The van der Waals surface area contributed by atoms with Crippen LogP contribution in [-0.4, -0.2) is 116 Å². The molecule has 1 aromatic rings. The van der Waals surface area contributed by atoms with Crippen LogP contribution in [0.2, 0.25) is 0 Å². The van der Waals surface area contributed by atoms with Crippen LogP contribution in [0.3, 0.4) is 0 Å². The van der Waals surface area contributed by atoms with Crippen LogP contribution in [0, 0.1) is 41.3 Å². The van der Waals surface area contributed by atoms with Gasteiger partial charge in [0, 0.05) is 46.1 Å². The zero-order valence-electron chi connectivity index (χ0n) is 37.6. The number of benzene rings is 1. The Bertz CT molecular complexity index is 1560. The molecule has 3 rings (SSSR count). The highest BCUT2D eigenvalue weighted by molar-refractivity contribution is 5.90. The van der Waals surface area contributed by atoms with Crippen LogP contribution >= 0.6 is 0 Å². The molecular weight excluding hydrogens is 744 g/mol. The van der Waals surface area contributed by atoms with Crippen molar-refractivity contribution in [1.82, 2.24) is 20.4 Å². The summed E-state index contributed by atoms with van der Waals surface area (Å²) in [5, 5.41) is 5.92. The van der Waals surface area contributed by atoms with E-state index in [1.54, 1.807) is 72.0 Å².